The van der Waals surface area contributed by atoms with E-state index >= 15 is 0 Å². The fourth-order valence-corrected chi connectivity index (χ4v) is 3.66. The summed E-state index contributed by atoms with van der Waals surface area (Å²) < 4.78 is 23.8. The van der Waals surface area contributed by atoms with E-state index < -0.39 is 9.84 Å². The summed E-state index contributed by atoms with van der Waals surface area (Å²) in [6.07, 6.45) is 0. The molecule has 0 aliphatic carbocycles. The lowest BCUT2D eigenvalue weighted by Gasteiger charge is -2.22. The van der Waals surface area contributed by atoms with Gasteiger partial charge in [-0.3, -0.25) is 0 Å². The molecule has 76 valence electrons. The van der Waals surface area contributed by atoms with Crippen molar-refractivity contribution in [3.05, 3.63) is 33.8 Å². The molecular weight excluding hydrogens is 266 g/mol. The first kappa shape index (κ1) is 10.1. The Labute approximate surface area is 91.4 Å². The van der Waals surface area contributed by atoms with Gasteiger partial charge in [0.2, 0.25) is 0 Å². The Balaban J connectivity index is 2.56. The summed E-state index contributed by atoms with van der Waals surface area (Å²) in [6.45, 7) is 0. The highest BCUT2D eigenvalue weighted by Crippen LogP contribution is 2.28. The molecule has 0 spiro atoms. The number of nitrogens with two attached hydrogens (primary N) is 1. The Morgan fingerprint density at radius 1 is 1.43 bits per heavy atom. The molecule has 0 amide bonds. The zero-order valence-electron chi connectivity index (χ0n) is 7.40. The highest BCUT2D eigenvalue weighted by atomic mass is 79.9. The fraction of sp³-hybridized carbons (Fsp3) is 0.333. The van der Waals surface area contributed by atoms with Crippen molar-refractivity contribution in [1.29, 1.82) is 0 Å². The quantitative estimate of drug-likeness (QED) is 0.778. The first-order chi connectivity index (χ1) is 6.48. The smallest absolute Gasteiger partial charge is 0.156 e. The van der Waals surface area contributed by atoms with Crippen LogP contribution in [-0.4, -0.2) is 14.2 Å². The predicted molar refractivity (Wildman–Crippen MR) is 58.6 cm³/mol. The second kappa shape index (κ2) is 3.32. The topological polar surface area (TPSA) is 60.2 Å². The van der Waals surface area contributed by atoms with E-state index in [0.717, 1.165) is 15.6 Å². The van der Waals surface area contributed by atoms with Gasteiger partial charge in [-0.05, 0) is 23.3 Å². The molecule has 0 radical (unpaired) electrons. The van der Waals surface area contributed by atoms with Crippen LogP contribution in [0.4, 0.5) is 0 Å². The Kier molecular flexibility index (Phi) is 2.41. The van der Waals surface area contributed by atoms with Crippen molar-refractivity contribution in [2.45, 2.75) is 11.8 Å². The molecule has 0 fully saturated rings. The minimum atomic E-state index is -3.00. The Morgan fingerprint density at radius 2 is 2.14 bits per heavy atom. The highest BCUT2D eigenvalue weighted by molar-refractivity contribution is 9.10. The Bertz CT molecular complexity index is 470. The summed E-state index contributed by atoms with van der Waals surface area (Å²) in [5.74, 6) is 0.166. The molecule has 0 aromatic heterocycles. The molecule has 2 N–H and O–H groups in total. The van der Waals surface area contributed by atoms with Gasteiger partial charge in [-0.2, -0.15) is 0 Å². The molecule has 1 heterocycles. The second-order valence-electron chi connectivity index (χ2n) is 3.50. The average Bonchev–Trinajstić information content (AvgIpc) is 2.05. The molecule has 1 aliphatic heterocycles. The van der Waals surface area contributed by atoms with Crippen molar-refractivity contribution in [3.8, 4) is 0 Å². The van der Waals surface area contributed by atoms with Crippen LogP contribution in [0.25, 0.3) is 0 Å². The lowest BCUT2D eigenvalue weighted by atomic mass is 10.0. The Morgan fingerprint density at radius 3 is 2.86 bits per heavy atom. The van der Waals surface area contributed by atoms with Crippen molar-refractivity contribution in [3.63, 3.8) is 0 Å². The molecule has 1 aromatic carbocycles. The molecule has 0 saturated heterocycles. The third-order valence-corrected chi connectivity index (χ3v) is 4.43. The molecule has 1 aromatic rings. The van der Waals surface area contributed by atoms with Crippen molar-refractivity contribution < 1.29 is 8.42 Å². The molecule has 3 nitrogen and oxygen atoms in total. The number of fused-ring (bicyclic) bond motifs is 1. The van der Waals surface area contributed by atoms with Crippen molar-refractivity contribution in [2.24, 2.45) is 5.73 Å². The van der Waals surface area contributed by atoms with Crippen LogP contribution in [0, 0.1) is 0 Å². The summed E-state index contributed by atoms with van der Waals surface area (Å²) in [4.78, 5) is 0. The number of rotatable bonds is 0. The van der Waals surface area contributed by atoms with Crippen LogP contribution < -0.4 is 5.73 Å². The van der Waals surface area contributed by atoms with Crippen LogP contribution >= 0.6 is 15.9 Å². The standard InChI is InChI=1S/C9H10BrNO2S/c10-7-2-1-6-4-14(12,13)5-9(11)8(6)3-7/h1-3,9H,4-5,11H2/t9-/m1/s1. The number of benzene rings is 1. The van der Waals surface area contributed by atoms with Crippen LogP contribution in [0.5, 0.6) is 0 Å². The number of halogens is 1. The van der Waals surface area contributed by atoms with Crippen LogP contribution in [-0.2, 0) is 15.6 Å². The van der Waals surface area contributed by atoms with E-state index in [-0.39, 0.29) is 17.5 Å². The maximum Gasteiger partial charge on any atom is 0.156 e. The summed E-state index contributed by atoms with van der Waals surface area (Å²) in [5, 5.41) is 0. The van der Waals surface area contributed by atoms with Gasteiger partial charge in [0.1, 0.15) is 0 Å². The van der Waals surface area contributed by atoms with Crippen LogP contribution in [0.15, 0.2) is 22.7 Å². The first-order valence-corrected chi connectivity index (χ1v) is 6.84. The van der Waals surface area contributed by atoms with Crippen LogP contribution in [0.1, 0.15) is 17.2 Å². The number of hydrogen-bond donors (Lipinski definition) is 1. The average molecular weight is 276 g/mol. The molecule has 1 atom stereocenters. The van der Waals surface area contributed by atoms with Gasteiger partial charge in [0.25, 0.3) is 0 Å². The lowest BCUT2D eigenvalue weighted by Crippen LogP contribution is -2.28. The van der Waals surface area contributed by atoms with E-state index in [1.54, 1.807) is 0 Å². The SMILES string of the molecule is N[C@@H]1CS(=O)(=O)Cc2ccc(Br)cc21. The summed E-state index contributed by atoms with van der Waals surface area (Å²) in [5.41, 5.74) is 7.56. The molecule has 14 heavy (non-hydrogen) atoms. The van der Waals surface area contributed by atoms with Crippen molar-refractivity contribution >= 4 is 25.8 Å². The monoisotopic (exact) mass is 275 g/mol. The molecular formula is C9H10BrNO2S. The van der Waals surface area contributed by atoms with Gasteiger partial charge in [-0.15, -0.1) is 0 Å². The largest absolute Gasteiger partial charge is 0.323 e. The van der Waals surface area contributed by atoms with Gasteiger partial charge >= 0.3 is 0 Å². The molecule has 0 bridgehead atoms. The number of hydrogen-bond acceptors (Lipinski definition) is 3. The predicted octanol–water partition coefficient (Wildman–Crippen LogP) is 1.38. The molecule has 1 aliphatic rings. The summed E-state index contributed by atoms with van der Waals surface area (Å²) in [7, 11) is -3.00. The molecule has 0 saturated carbocycles. The second-order valence-corrected chi connectivity index (χ2v) is 6.53. The summed E-state index contributed by atoms with van der Waals surface area (Å²) >= 11 is 3.34. The van der Waals surface area contributed by atoms with Crippen LogP contribution in [0.2, 0.25) is 0 Å². The minimum Gasteiger partial charge on any atom is -0.323 e. The third kappa shape index (κ3) is 1.85. The van der Waals surface area contributed by atoms with Gasteiger partial charge in [-0.1, -0.05) is 22.0 Å². The maximum atomic E-state index is 11.4. The Hall–Kier alpha value is -0.390. The first-order valence-electron chi connectivity index (χ1n) is 4.22. The van der Waals surface area contributed by atoms with Gasteiger partial charge in [0.15, 0.2) is 9.84 Å². The molecule has 2 rings (SSSR count). The van der Waals surface area contributed by atoms with E-state index in [9.17, 15) is 8.42 Å². The van der Waals surface area contributed by atoms with Gasteiger partial charge in [-0.25, -0.2) is 8.42 Å². The molecule has 0 unspecified atom stereocenters. The minimum absolute atomic E-state index is 0.0520. The fourth-order valence-electron chi connectivity index (χ4n) is 1.70. The zero-order valence-corrected chi connectivity index (χ0v) is 9.81. The normalized spacial score (nSPS) is 24.3. The maximum absolute atomic E-state index is 11.4. The van der Waals surface area contributed by atoms with E-state index in [4.69, 9.17) is 5.73 Å². The van der Waals surface area contributed by atoms with E-state index in [2.05, 4.69) is 15.9 Å². The number of sulfone groups is 1. The van der Waals surface area contributed by atoms with E-state index in [1.165, 1.54) is 0 Å². The van der Waals surface area contributed by atoms with Crippen LogP contribution in [0.3, 0.4) is 0 Å². The third-order valence-electron chi connectivity index (χ3n) is 2.32. The zero-order chi connectivity index (χ0) is 10.3. The van der Waals surface area contributed by atoms with Gasteiger partial charge in [0.05, 0.1) is 11.5 Å². The van der Waals surface area contributed by atoms with Gasteiger partial charge in [0, 0.05) is 10.5 Å². The lowest BCUT2D eigenvalue weighted by molar-refractivity contribution is 0.582. The van der Waals surface area contributed by atoms with Crippen molar-refractivity contribution in [1.82, 2.24) is 0 Å². The highest BCUT2D eigenvalue weighted by Gasteiger charge is 2.27. The van der Waals surface area contributed by atoms with Gasteiger partial charge < -0.3 is 5.73 Å². The van der Waals surface area contributed by atoms with E-state index in [1.807, 2.05) is 18.2 Å². The molecule has 5 heteroatoms. The summed E-state index contributed by atoms with van der Waals surface area (Å²) in [6, 6.07) is 5.16. The van der Waals surface area contributed by atoms with E-state index in [0.29, 0.717) is 0 Å². The van der Waals surface area contributed by atoms with Crippen molar-refractivity contribution in [2.75, 3.05) is 5.75 Å².